The van der Waals surface area contributed by atoms with Crippen LogP contribution in [0.5, 0.6) is 5.75 Å². The van der Waals surface area contributed by atoms with Crippen molar-refractivity contribution in [1.29, 1.82) is 5.26 Å². The average Bonchev–Trinajstić information content (AvgIpc) is 3.29. The van der Waals surface area contributed by atoms with Crippen molar-refractivity contribution in [3.05, 3.63) is 94.8 Å². The van der Waals surface area contributed by atoms with E-state index in [0.29, 0.717) is 49.3 Å². The highest BCUT2D eigenvalue weighted by molar-refractivity contribution is 5.95. The summed E-state index contributed by atoms with van der Waals surface area (Å²) in [7, 11) is 0. The van der Waals surface area contributed by atoms with Gasteiger partial charge in [-0.25, -0.2) is 4.79 Å². The number of nitrogens with one attached hydrogen (secondary N) is 1. The van der Waals surface area contributed by atoms with Crippen LogP contribution in [-0.4, -0.2) is 48.5 Å². The van der Waals surface area contributed by atoms with Crippen molar-refractivity contribution in [2.75, 3.05) is 31.1 Å². The van der Waals surface area contributed by atoms with Crippen LogP contribution >= 0.6 is 0 Å². The summed E-state index contributed by atoms with van der Waals surface area (Å²) in [5.41, 5.74) is 0.992. The molecule has 1 N–H and O–H groups in total. The lowest BCUT2D eigenvalue weighted by Crippen LogP contribution is -2.47. The fraction of sp³-hybridized carbons (Fsp3) is 0.323. The number of nitrogens with zero attached hydrogens (tertiary/aromatic N) is 4. The quantitative estimate of drug-likeness (QED) is 0.314. The third kappa shape index (κ3) is 7.14. The van der Waals surface area contributed by atoms with Gasteiger partial charge in [-0.05, 0) is 85.1 Å². The highest BCUT2D eigenvalue weighted by atomic mass is 19.4. The molecule has 1 aromatic heterocycles. The first-order valence-electron chi connectivity index (χ1n) is 13.7. The summed E-state index contributed by atoms with van der Waals surface area (Å²) >= 11 is 0. The number of halogens is 6. The Labute approximate surface area is 249 Å². The maximum atomic E-state index is 13.3. The zero-order valence-electron chi connectivity index (χ0n) is 23.3. The Kier molecular flexibility index (Phi) is 8.56. The van der Waals surface area contributed by atoms with Gasteiger partial charge < -0.3 is 10.1 Å². The van der Waals surface area contributed by atoms with E-state index in [1.54, 1.807) is 12.1 Å². The molecule has 5 rings (SSSR count). The number of aromatic nitrogens is 1. The highest BCUT2D eigenvalue weighted by Crippen LogP contribution is 2.48. The molecule has 1 saturated heterocycles. The summed E-state index contributed by atoms with van der Waals surface area (Å²) in [4.78, 5) is 20.3. The molecular weight excluding hydrogens is 588 g/mol. The number of rotatable bonds is 6. The minimum Gasteiger partial charge on any atom is -0.406 e. The zero-order chi connectivity index (χ0) is 31.5. The Morgan fingerprint density at radius 1 is 1.05 bits per heavy atom. The molecular formula is C31H27F6N5O2. The molecule has 0 atom stereocenters. The summed E-state index contributed by atoms with van der Waals surface area (Å²) in [5.74, 6) is -0.387. The lowest BCUT2D eigenvalue weighted by Gasteiger charge is -2.39. The minimum absolute atomic E-state index is 0.197. The number of hydrogen-bond acceptors (Lipinski definition) is 5. The van der Waals surface area contributed by atoms with Gasteiger partial charge in [0.25, 0.3) is 0 Å². The second kappa shape index (κ2) is 12.2. The SMILES string of the molecule is N#Cc1ccc(C=CCN2CCC3(CC2)CN(C(=O)NCc2ccnc(C(F)(F)F)c2)c2ccc(OC(F)(F)F)cc23)cc1. The Balaban J connectivity index is 1.30. The van der Waals surface area contributed by atoms with Gasteiger partial charge in [-0.15, -0.1) is 13.2 Å². The Morgan fingerprint density at radius 2 is 1.77 bits per heavy atom. The van der Waals surface area contributed by atoms with Crippen LogP contribution < -0.4 is 15.0 Å². The highest BCUT2D eigenvalue weighted by Gasteiger charge is 2.47. The predicted octanol–water partition coefficient (Wildman–Crippen LogP) is 6.65. The normalized spacial score (nSPS) is 16.6. The molecule has 3 heterocycles. The van der Waals surface area contributed by atoms with Crippen LogP contribution in [0.15, 0.2) is 66.9 Å². The molecule has 0 bridgehead atoms. The van der Waals surface area contributed by atoms with E-state index in [1.807, 2.05) is 24.3 Å². The Hall–Kier alpha value is -4.57. The first kappa shape index (κ1) is 30.9. The number of likely N-dealkylation sites (tertiary alicyclic amines) is 1. The Bertz CT molecular complexity index is 1570. The molecule has 1 fully saturated rings. The van der Waals surface area contributed by atoms with Crippen LogP contribution in [-0.2, 0) is 18.1 Å². The predicted molar refractivity (Wildman–Crippen MR) is 149 cm³/mol. The number of ether oxygens (including phenoxy) is 1. The standard InChI is InChI=1S/C31H27F6N5O2/c32-30(33,34)27-16-23(9-12-39-27)19-40-28(43)42-20-29(25-17-24(7-8-26(25)42)44-31(35,36)37)10-14-41(15-11-29)13-1-2-21-3-5-22(18-38)6-4-21/h1-9,12,16-17H,10-11,13-15,19-20H2,(H,40,43). The number of anilines is 1. The number of benzene rings is 2. The van der Waals surface area contributed by atoms with Gasteiger partial charge in [0, 0.05) is 36.9 Å². The van der Waals surface area contributed by atoms with Gasteiger partial charge in [0.15, 0.2) is 0 Å². The largest absolute Gasteiger partial charge is 0.573 e. The molecule has 0 radical (unpaired) electrons. The van der Waals surface area contributed by atoms with Gasteiger partial charge in [-0.2, -0.15) is 18.4 Å². The third-order valence-electron chi connectivity index (χ3n) is 7.86. The van der Waals surface area contributed by atoms with Gasteiger partial charge in [0.2, 0.25) is 0 Å². The van der Waals surface area contributed by atoms with Crippen molar-refractivity contribution in [2.45, 2.75) is 37.3 Å². The van der Waals surface area contributed by atoms with Crippen molar-refractivity contribution in [1.82, 2.24) is 15.2 Å². The fourth-order valence-corrected chi connectivity index (χ4v) is 5.64. The van der Waals surface area contributed by atoms with E-state index in [2.05, 4.69) is 26.0 Å². The van der Waals surface area contributed by atoms with Crippen molar-refractivity contribution < 1.29 is 35.9 Å². The topological polar surface area (TPSA) is 81.5 Å². The number of hydrogen-bond donors (Lipinski definition) is 1. The second-order valence-electron chi connectivity index (χ2n) is 10.7. The lowest BCUT2D eigenvalue weighted by molar-refractivity contribution is -0.274. The molecule has 13 heteroatoms. The third-order valence-corrected chi connectivity index (χ3v) is 7.86. The van der Waals surface area contributed by atoms with E-state index in [0.717, 1.165) is 23.9 Å². The van der Waals surface area contributed by atoms with Crippen molar-refractivity contribution >= 4 is 17.8 Å². The number of amides is 2. The minimum atomic E-state index is -4.89. The van der Waals surface area contributed by atoms with Crippen LogP contribution in [0.1, 0.15) is 40.8 Å². The molecule has 2 aromatic carbocycles. The molecule has 0 unspecified atom stereocenters. The number of piperidine rings is 1. The summed E-state index contributed by atoms with van der Waals surface area (Å²) in [6, 6.07) is 14.8. The van der Waals surface area contributed by atoms with E-state index in [4.69, 9.17) is 5.26 Å². The number of urea groups is 1. The molecule has 1 spiro atoms. The van der Waals surface area contributed by atoms with E-state index in [-0.39, 0.29) is 24.4 Å². The van der Waals surface area contributed by atoms with Gasteiger partial charge in [-0.3, -0.25) is 14.8 Å². The summed E-state index contributed by atoms with van der Waals surface area (Å²) in [6.07, 6.45) is -3.44. The van der Waals surface area contributed by atoms with E-state index >= 15 is 0 Å². The van der Waals surface area contributed by atoms with Gasteiger partial charge in [-0.1, -0.05) is 24.3 Å². The number of fused-ring (bicyclic) bond motifs is 2. The number of carbonyl (C=O) groups excluding carboxylic acids is 1. The number of alkyl halides is 6. The first-order valence-corrected chi connectivity index (χ1v) is 13.7. The molecule has 230 valence electrons. The molecule has 2 amide bonds. The van der Waals surface area contributed by atoms with E-state index in [9.17, 15) is 31.1 Å². The van der Waals surface area contributed by atoms with Crippen LogP contribution in [0.4, 0.5) is 36.8 Å². The Morgan fingerprint density at radius 3 is 2.43 bits per heavy atom. The monoisotopic (exact) mass is 615 g/mol. The van der Waals surface area contributed by atoms with E-state index in [1.165, 1.54) is 23.1 Å². The van der Waals surface area contributed by atoms with Gasteiger partial charge in [0.05, 0.1) is 11.6 Å². The van der Waals surface area contributed by atoms with Crippen LogP contribution in [0.2, 0.25) is 0 Å². The van der Waals surface area contributed by atoms with Crippen LogP contribution in [0.25, 0.3) is 6.08 Å². The maximum Gasteiger partial charge on any atom is 0.573 e. The lowest BCUT2D eigenvalue weighted by atomic mass is 9.74. The molecule has 0 aliphatic carbocycles. The van der Waals surface area contributed by atoms with Crippen LogP contribution in [0, 0.1) is 11.3 Å². The number of nitriles is 1. The second-order valence-corrected chi connectivity index (χ2v) is 10.7. The molecule has 2 aliphatic rings. The number of carbonyl (C=O) groups is 1. The van der Waals surface area contributed by atoms with Crippen molar-refractivity contribution in [3.8, 4) is 11.8 Å². The summed E-state index contributed by atoms with van der Waals surface area (Å²) in [5, 5.41) is 11.6. The van der Waals surface area contributed by atoms with Gasteiger partial charge in [0.1, 0.15) is 11.4 Å². The smallest absolute Gasteiger partial charge is 0.406 e. The zero-order valence-corrected chi connectivity index (χ0v) is 23.3. The number of pyridine rings is 1. The molecule has 44 heavy (non-hydrogen) atoms. The van der Waals surface area contributed by atoms with Gasteiger partial charge >= 0.3 is 18.6 Å². The molecule has 3 aromatic rings. The summed E-state index contributed by atoms with van der Waals surface area (Å²) in [6.45, 7) is 1.87. The average molecular weight is 616 g/mol. The van der Waals surface area contributed by atoms with Crippen molar-refractivity contribution in [2.24, 2.45) is 0 Å². The fourth-order valence-electron chi connectivity index (χ4n) is 5.64. The first-order chi connectivity index (χ1) is 20.8. The molecule has 7 nitrogen and oxygen atoms in total. The maximum absolute atomic E-state index is 13.3. The van der Waals surface area contributed by atoms with E-state index < -0.39 is 29.7 Å². The summed E-state index contributed by atoms with van der Waals surface area (Å²) < 4.78 is 82.4. The molecule has 0 saturated carbocycles. The molecule has 2 aliphatic heterocycles. The van der Waals surface area contributed by atoms with Crippen LogP contribution in [0.3, 0.4) is 0 Å². The van der Waals surface area contributed by atoms with Crippen molar-refractivity contribution in [3.63, 3.8) is 0 Å².